The van der Waals surface area contributed by atoms with Gasteiger partial charge in [0.2, 0.25) is 11.8 Å². The number of ether oxygens (including phenoxy) is 2. The number of fused-ring (bicyclic) bond motifs is 1. The summed E-state index contributed by atoms with van der Waals surface area (Å²) in [6, 6.07) is 20.0. The number of benzene rings is 3. The summed E-state index contributed by atoms with van der Waals surface area (Å²) in [5, 5.41) is 4.01. The van der Waals surface area contributed by atoms with Crippen molar-refractivity contribution in [1.82, 2.24) is 10.2 Å². The van der Waals surface area contributed by atoms with Gasteiger partial charge in [-0.3, -0.25) is 9.59 Å². The number of aryl methyl sites for hydroxylation is 1. The number of unbranched alkanes of at least 4 members (excludes halogenated alkanes) is 1. The fourth-order valence-electron chi connectivity index (χ4n) is 4.53. The number of carbonyl (C=O) groups excluding carboxylic acids is 2. The molecule has 0 saturated heterocycles. The van der Waals surface area contributed by atoms with Gasteiger partial charge in [-0.05, 0) is 53.8 Å². The van der Waals surface area contributed by atoms with Crippen molar-refractivity contribution in [2.45, 2.75) is 51.6 Å². The van der Waals surface area contributed by atoms with E-state index < -0.39 is 6.04 Å². The fourth-order valence-corrected chi connectivity index (χ4v) is 5.00. The van der Waals surface area contributed by atoms with E-state index in [0.29, 0.717) is 54.1 Å². The van der Waals surface area contributed by atoms with Gasteiger partial charge < -0.3 is 19.7 Å². The highest BCUT2D eigenvalue weighted by Gasteiger charge is 2.30. The van der Waals surface area contributed by atoms with Gasteiger partial charge in [0, 0.05) is 36.0 Å². The minimum atomic E-state index is -0.705. The zero-order valence-electron chi connectivity index (χ0n) is 22.1. The molecule has 3 aromatic rings. The van der Waals surface area contributed by atoms with Gasteiger partial charge in [-0.15, -0.1) is 0 Å². The maximum atomic E-state index is 13.9. The van der Waals surface area contributed by atoms with E-state index in [-0.39, 0.29) is 24.8 Å². The van der Waals surface area contributed by atoms with Gasteiger partial charge in [-0.1, -0.05) is 79.0 Å². The van der Waals surface area contributed by atoms with Crippen molar-refractivity contribution in [3.8, 4) is 11.5 Å². The zero-order valence-corrected chi connectivity index (χ0v) is 23.6. The van der Waals surface area contributed by atoms with Crippen molar-refractivity contribution in [2.75, 3.05) is 19.8 Å². The summed E-state index contributed by atoms with van der Waals surface area (Å²) >= 11 is 12.6. The number of halogens is 2. The average Bonchev–Trinajstić information content (AvgIpc) is 2.95. The van der Waals surface area contributed by atoms with Crippen LogP contribution >= 0.6 is 23.2 Å². The third-order valence-corrected chi connectivity index (χ3v) is 7.28. The van der Waals surface area contributed by atoms with Crippen molar-refractivity contribution in [3.05, 3.63) is 93.5 Å². The Morgan fingerprint density at radius 1 is 0.949 bits per heavy atom. The van der Waals surface area contributed by atoms with Gasteiger partial charge >= 0.3 is 0 Å². The van der Waals surface area contributed by atoms with E-state index in [4.69, 9.17) is 32.7 Å². The molecule has 6 nitrogen and oxygen atoms in total. The lowest BCUT2D eigenvalue weighted by molar-refractivity contribution is -0.141. The Bertz CT molecular complexity index is 1270. The van der Waals surface area contributed by atoms with E-state index in [9.17, 15) is 9.59 Å². The molecule has 0 saturated carbocycles. The van der Waals surface area contributed by atoms with Crippen LogP contribution in [0.4, 0.5) is 0 Å². The topological polar surface area (TPSA) is 67.9 Å². The standard InChI is InChI=1S/C31H34Cl2N2O4/c1-2-3-15-34-31(37)27(18-22-7-5-4-6-8-22)35(21-24-11-12-25(32)20-26(24)33)30(36)14-10-23-9-13-28-29(19-23)39-17-16-38-28/h4-9,11-13,19-20,27H,2-3,10,14-18,21H2,1H3,(H,34,37). The maximum Gasteiger partial charge on any atom is 0.243 e. The molecular formula is C31H34Cl2N2O4. The molecule has 3 aromatic carbocycles. The highest BCUT2D eigenvalue weighted by atomic mass is 35.5. The number of hydrogen-bond acceptors (Lipinski definition) is 4. The minimum absolute atomic E-state index is 0.137. The lowest BCUT2D eigenvalue weighted by Gasteiger charge is -2.32. The Hall–Kier alpha value is -3.22. The van der Waals surface area contributed by atoms with Gasteiger partial charge in [-0.2, -0.15) is 0 Å². The molecule has 39 heavy (non-hydrogen) atoms. The number of rotatable bonds is 12. The van der Waals surface area contributed by atoms with Crippen LogP contribution in [0.15, 0.2) is 66.7 Å². The normalized spacial score (nSPS) is 13.0. The predicted molar refractivity (Wildman–Crippen MR) is 155 cm³/mol. The molecule has 1 aliphatic rings. The van der Waals surface area contributed by atoms with E-state index >= 15 is 0 Å². The van der Waals surface area contributed by atoms with Crippen molar-refractivity contribution >= 4 is 35.0 Å². The summed E-state index contributed by atoms with van der Waals surface area (Å²) in [5.74, 6) is 1.09. The molecule has 1 aliphatic heterocycles. The SMILES string of the molecule is CCCCNC(=O)C(Cc1ccccc1)N(Cc1ccc(Cl)cc1Cl)C(=O)CCc1ccc2c(c1)OCCO2. The number of nitrogens with one attached hydrogen (secondary N) is 1. The van der Waals surface area contributed by atoms with Crippen LogP contribution in [0.3, 0.4) is 0 Å². The molecule has 0 aliphatic carbocycles. The first-order valence-electron chi connectivity index (χ1n) is 13.4. The highest BCUT2D eigenvalue weighted by Crippen LogP contribution is 2.31. The minimum Gasteiger partial charge on any atom is -0.486 e. The summed E-state index contributed by atoms with van der Waals surface area (Å²) in [6.07, 6.45) is 2.93. The number of hydrogen-bond donors (Lipinski definition) is 1. The fraction of sp³-hybridized carbons (Fsp3) is 0.355. The van der Waals surface area contributed by atoms with Gasteiger partial charge in [0.15, 0.2) is 11.5 Å². The molecule has 1 N–H and O–H groups in total. The first kappa shape index (κ1) is 28.8. The Morgan fingerprint density at radius 3 is 2.46 bits per heavy atom. The number of amides is 2. The molecule has 206 valence electrons. The quantitative estimate of drug-likeness (QED) is 0.262. The second-order valence-corrected chi connectivity index (χ2v) is 10.4. The second-order valence-electron chi connectivity index (χ2n) is 9.59. The van der Waals surface area contributed by atoms with Crippen LogP contribution in [-0.2, 0) is 29.0 Å². The van der Waals surface area contributed by atoms with E-state index in [0.717, 1.165) is 29.5 Å². The molecule has 0 bridgehead atoms. The summed E-state index contributed by atoms with van der Waals surface area (Å²) in [7, 11) is 0. The molecule has 1 heterocycles. The van der Waals surface area contributed by atoms with Crippen LogP contribution in [0.25, 0.3) is 0 Å². The number of carbonyl (C=O) groups is 2. The Balaban J connectivity index is 1.60. The molecule has 0 radical (unpaired) electrons. The monoisotopic (exact) mass is 568 g/mol. The van der Waals surface area contributed by atoms with Crippen LogP contribution in [-0.4, -0.2) is 42.5 Å². The van der Waals surface area contributed by atoms with E-state index in [1.54, 1.807) is 23.1 Å². The molecular weight excluding hydrogens is 535 g/mol. The van der Waals surface area contributed by atoms with Gasteiger partial charge in [0.1, 0.15) is 19.3 Å². The molecule has 1 atom stereocenters. The summed E-state index contributed by atoms with van der Waals surface area (Å²) in [5.41, 5.74) is 2.66. The molecule has 1 unspecified atom stereocenters. The summed E-state index contributed by atoms with van der Waals surface area (Å²) in [6.45, 7) is 3.84. The Kier molecular flexibility index (Phi) is 10.5. The van der Waals surface area contributed by atoms with Crippen LogP contribution in [0.1, 0.15) is 42.9 Å². The van der Waals surface area contributed by atoms with E-state index in [2.05, 4.69) is 12.2 Å². The molecule has 2 amide bonds. The average molecular weight is 570 g/mol. The summed E-state index contributed by atoms with van der Waals surface area (Å²) in [4.78, 5) is 29.1. The largest absolute Gasteiger partial charge is 0.486 e. The Morgan fingerprint density at radius 2 is 1.72 bits per heavy atom. The lowest BCUT2D eigenvalue weighted by atomic mass is 10.0. The van der Waals surface area contributed by atoms with Gasteiger partial charge in [0.25, 0.3) is 0 Å². The van der Waals surface area contributed by atoms with Crippen molar-refractivity contribution < 1.29 is 19.1 Å². The van der Waals surface area contributed by atoms with E-state index in [1.165, 1.54) is 0 Å². The van der Waals surface area contributed by atoms with Crippen LogP contribution in [0.2, 0.25) is 10.0 Å². The Labute approximate surface area is 240 Å². The first-order valence-corrected chi connectivity index (χ1v) is 14.1. The van der Waals surface area contributed by atoms with Crippen LogP contribution < -0.4 is 14.8 Å². The molecule has 4 rings (SSSR count). The van der Waals surface area contributed by atoms with Crippen LogP contribution in [0, 0.1) is 0 Å². The third-order valence-electron chi connectivity index (χ3n) is 6.69. The van der Waals surface area contributed by atoms with Gasteiger partial charge in [-0.25, -0.2) is 0 Å². The zero-order chi connectivity index (χ0) is 27.6. The van der Waals surface area contributed by atoms with Gasteiger partial charge in [0.05, 0.1) is 0 Å². The predicted octanol–water partition coefficient (Wildman–Crippen LogP) is 6.25. The smallest absolute Gasteiger partial charge is 0.243 e. The van der Waals surface area contributed by atoms with Crippen molar-refractivity contribution in [3.63, 3.8) is 0 Å². The van der Waals surface area contributed by atoms with Crippen LogP contribution in [0.5, 0.6) is 11.5 Å². The van der Waals surface area contributed by atoms with E-state index in [1.807, 2.05) is 48.5 Å². The maximum absolute atomic E-state index is 13.9. The van der Waals surface area contributed by atoms with Crippen molar-refractivity contribution in [2.24, 2.45) is 0 Å². The first-order chi connectivity index (χ1) is 18.9. The highest BCUT2D eigenvalue weighted by molar-refractivity contribution is 6.35. The molecule has 0 fully saturated rings. The molecule has 8 heteroatoms. The lowest BCUT2D eigenvalue weighted by Crippen LogP contribution is -2.50. The number of nitrogens with zero attached hydrogens (tertiary/aromatic N) is 1. The van der Waals surface area contributed by atoms with Crippen molar-refractivity contribution in [1.29, 1.82) is 0 Å². The second kappa shape index (κ2) is 14.2. The third kappa shape index (κ3) is 8.13. The summed E-state index contributed by atoms with van der Waals surface area (Å²) < 4.78 is 11.3. The molecule has 0 spiro atoms. The molecule has 0 aromatic heterocycles.